The molecule has 0 aliphatic heterocycles. The molecule has 0 amide bonds. The molecule has 6 heteroatoms. The van der Waals surface area contributed by atoms with Gasteiger partial charge in [-0.2, -0.15) is 5.10 Å². The number of halogens is 1. The van der Waals surface area contributed by atoms with Gasteiger partial charge in [0.1, 0.15) is 5.82 Å². The Balaban J connectivity index is 1.59. The maximum atomic E-state index is 13.7. The van der Waals surface area contributed by atoms with Crippen LogP contribution in [0.15, 0.2) is 72.0 Å². The third-order valence-corrected chi connectivity index (χ3v) is 4.04. The Hall–Kier alpha value is -3.15. The van der Waals surface area contributed by atoms with Crippen LogP contribution in [0.2, 0.25) is 0 Å². The van der Waals surface area contributed by atoms with Gasteiger partial charge in [-0.15, -0.1) is 0 Å². The minimum atomic E-state index is -0.219. The second-order valence-electron chi connectivity index (χ2n) is 6.17. The van der Waals surface area contributed by atoms with E-state index in [0.717, 1.165) is 18.7 Å². The second kappa shape index (κ2) is 9.52. The summed E-state index contributed by atoms with van der Waals surface area (Å²) in [6.45, 7) is 4.35. The van der Waals surface area contributed by atoms with E-state index in [1.54, 1.807) is 12.1 Å². The van der Waals surface area contributed by atoms with Gasteiger partial charge in [0.05, 0.1) is 19.3 Å². The fourth-order valence-corrected chi connectivity index (χ4v) is 2.68. The van der Waals surface area contributed by atoms with E-state index >= 15 is 0 Å². The van der Waals surface area contributed by atoms with Crippen LogP contribution >= 0.6 is 0 Å². The van der Waals surface area contributed by atoms with Gasteiger partial charge in [0.25, 0.3) is 0 Å². The molecule has 5 nitrogen and oxygen atoms in total. The lowest BCUT2D eigenvalue weighted by molar-refractivity contribution is 0.604. The number of hydrogen-bond acceptors (Lipinski definition) is 2. The molecule has 0 radical (unpaired) electrons. The largest absolute Gasteiger partial charge is 0.357 e. The van der Waals surface area contributed by atoms with Gasteiger partial charge in [-0.25, -0.2) is 9.38 Å². The van der Waals surface area contributed by atoms with E-state index in [-0.39, 0.29) is 5.82 Å². The first-order valence-corrected chi connectivity index (χ1v) is 9.05. The van der Waals surface area contributed by atoms with Crippen molar-refractivity contribution in [2.24, 2.45) is 4.99 Å². The summed E-state index contributed by atoms with van der Waals surface area (Å²) in [7, 11) is 0. The maximum Gasteiger partial charge on any atom is 0.191 e. The zero-order valence-corrected chi connectivity index (χ0v) is 15.4. The molecular formula is C21H24FN5. The molecule has 2 aromatic carbocycles. The van der Waals surface area contributed by atoms with Crippen molar-refractivity contribution in [2.75, 3.05) is 6.54 Å². The van der Waals surface area contributed by atoms with Crippen LogP contribution in [0.4, 0.5) is 4.39 Å². The van der Waals surface area contributed by atoms with Gasteiger partial charge >= 0.3 is 0 Å². The zero-order chi connectivity index (χ0) is 18.9. The third kappa shape index (κ3) is 5.67. The quantitative estimate of drug-likeness (QED) is 0.499. The highest BCUT2D eigenvalue weighted by molar-refractivity contribution is 5.79. The molecular weight excluding hydrogens is 341 g/mol. The molecule has 3 rings (SSSR count). The van der Waals surface area contributed by atoms with Gasteiger partial charge < -0.3 is 10.6 Å². The van der Waals surface area contributed by atoms with Crippen LogP contribution in [-0.2, 0) is 19.6 Å². The zero-order valence-electron chi connectivity index (χ0n) is 15.4. The van der Waals surface area contributed by atoms with Crippen LogP contribution in [0.5, 0.6) is 0 Å². The third-order valence-electron chi connectivity index (χ3n) is 4.04. The topological polar surface area (TPSA) is 54.2 Å². The average Bonchev–Trinajstić information content (AvgIpc) is 3.13. The second-order valence-corrected chi connectivity index (χ2v) is 6.17. The highest BCUT2D eigenvalue weighted by atomic mass is 19.1. The lowest BCUT2D eigenvalue weighted by Crippen LogP contribution is -2.37. The number of aliphatic imine (C=N–C) groups is 1. The molecule has 1 heterocycles. The molecule has 0 saturated heterocycles. The van der Waals surface area contributed by atoms with Crippen molar-refractivity contribution in [1.29, 1.82) is 0 Å². The molecule has 2 N–H and O–H groups in total. The summed E-state index contributed by atoms with van der Waals surface area (Å²) < 4.78 is 15.6. The Labute approximate surface area is 159 Å². The van der Waals surface area contributed by atoms with Crippen molar-refractivity contribution in [3.05, 3.63) is 89.5 Å². The summed E-state index contributed by atoms with van der Waals surface area (Å²) in [4.78, 5) is 4.57. The minimum Gasteiger partial charge on any atom is -0.357 e. The monoisotopic (exact) mass is 365 g/mol. The van der Waals surface area contributed by atoms with Crippen molar-refractivity contribution in [3.8, 4) is 0 Å². The lowest BCUT2D eigenvalue weighted by Gasteiger charge is -2.11. The molecule has 0 atom stereocenters. The summed E-state index contributed by atoms with van der Waals surface area (Å²) in [5.41, 5.74) is 2.84. The average molecular weight is 365 g/mol. The van der Waals surface area contributed by atoms with E-state index in [9.17, 15) is 4.39 Å². The van der Waals surface area contributed by atoms with Gasteiger partial charge in [0, 0.05) is 30.4 Å². The minimum absolute atomic E-state index is 0.219. The van der Waals surface area contributed by atoms with Crippen molar-refractivity contribution >= 4 is 5.96 Å². The molecule has 0 spiro atoms. The maximum absolute atomic E-state index is 13.7. The number of nitrogens with one attached hydrogen (secondary N) is 2. The van der Waals surface area contributed by atoms with Crippen LogP contribution in [0.25, 0.3) is 0 Å². The van der Waals surface area contributed by atoms with E-state index in [1.165, 1.54) is 11.6 Å². The van der Waals surface area contributed by atoms with Gasteiger partial charge in [-0.05, 0) is 18.6 Å². The fraction of sp³-hybridized carbons (Fsp3) is 0.238. The van der Waals surface area contributed by atoms with Crippen molar-refractivity contribution in [2.45, 2.75) is 26.6 Å². The summed E-state index contributed by atoms with van der Waals surface area (Å²) in [5, 5.41) is 10.7. The van der Waals surface area contributed by atoms with E-state index in [4.69, 9.17) is 0 Å². The predicted octanol–water partition coefficient (Wildman–Crippen LogP) is 3.33. The van der Waals surface area contributed by atoms with Crippen LogP contribution in [0.3, 0.4) is 0 Å². The van der Waals surface area contributed by atoms with Gasteiger partial charge in [-0.3, -0.25) is 4.68 Å². The first-order chi connectivity index (χ1) is 13.2. The SMILES string of the molecule is CCNC(=NCc1cnn(Cc2ccccc2)c1)NCc1ccccc1F. The smallest absolute Gasteiger partial charge is 0.191 e. The molecule has 0 aliphatic carbocycles. The Kier molecular flexibility index (Phi) is 6.57. The van der Waals surface area contributed by atoms with E-state index in [0.29, 0.717) is 24.6 Å². The molecule has 1 aromatic heterocycles. The van der Waals surface area contributed by atoms with E-state index in [2.05, 4.69) is 32.9 Å². The molecule has 140 valence electrons. The molecule has 0 bridgehead atoms. The number of nitrogens with zero attached hydrogens (tertiary/aromatic N) is 3. The molecule has 3 aromatic rings. The first kappa shape index (κ1) is 18.6. The standard InChI is InChI=1S/C21H24FN5/c1-2-23-21(25-14-19-10-6-7-11-20(19)22)24-12-18-13-26-27(16-18)15-17-8-4-3-5-9-17/h3-11,13,16H,2,12,14-15H2,1H3,(H2,23,24,25). The molecule has 0 unspecified atom stereocenters. The molecule has 27 heavy (non-hydrogen) atoms. The van der Waals surface area contributed by atoms with Crippen molar-refractivity contribution in [3.63, 3.8) is 0 Å². The number of hydrogen-bond donors (Lipinski definition) is 2. The summed E-state index contributed by atoms with van der Waals surface area (Å²) in [6.07, 6.45) is 3.82. The summed E-state index contributed by atoms with van der Waals surface area (Å²) in [6, 6.07) is 16.9. The van der Waals surface area contributed by atoms with Crippen LogP contribution in [0, 0.1) is 5.82 Å². The Bertz CT molecular complexity index is 873. The number of rotatable bonds is 7. The van der Waals surface area contributed by atoms with Crippen molar-refractivity contribution in [1.82, 2.24) is 20.4 Å². The summed E-state index contributed by atoms with van der Waals surface area (Å²) >= 11 is 0. The van der Waals surface area contributed by atoms with Crippen LogP contribution in [0.1, 0.15) is 23.6 Å². The Morgan fingerprint density at radius 1 is 1.04 bits per heavy atom. The Morgan fingerprint density at radius 2 is 1.81 bits per heavy atom. The van der Waals surface area contributed by atoms with Crippen molar-refractivity contribution < 1.29 is 4.39 Å². The Morgan fingerprint density at radius 3 is 2.59 bits per heavy atom. The first-order valence-electron chi connectivity index (χ1n) is 9.05. The number of aromatic nitrogens is 2. The van der Waals surface area contributed by atoms with E-state index < -0.39 is 0 Å². The molecule has 0 saturated carbocycles. The van der Waals surface area contributed by atoms with Gasteiger partial charge in [0.2, 0.25) is 0 Å². The highest BCUT2D eigenvalue weighted by Crippen LogP contribution is 2.06. The predicted molar refractivity (Wildman–Crippen MR) is 106 cm³/mol. The van der Waals surface area contributed by atoms with Gasteiger partial charge in [0.15, 0.2) is 5.96 Å². The van der Waals surface area contributed by atoms with Crippen LogP contribution in [-0.4, -0.2) is 22.3 Å². The van der Waals surface area contributed by atoms with Crippen LogP contribution < -0.4 is 10.6 Å². The number of benzene rings is 2. The normalized spacial score (nSPS) is 11.4. The van der Waals surface area contributed by atoms with E-state index in [1.807, 2.05) is 48.3 Å². The fourth-order valence-electron chi connectivity index (χ4n) is 2.68. The molecule has 0 fully saturated rings. The number of guanidine groups is 1. The van der Waals surface area contributed by atoms with Gasteiger partial charge in [-0.1, -0.05) is 48.5 Å². The highest BCUT2D eigenvalue weighted by Gasteiger charge is 2.04. The summed E-state index contributed by atoms with van der Waals surface area (Å²) in [5.74, 6) is 0.430. The lowest BCUT2D eigenvalue weighted by atomic mass is 10.2. The molecule has 0 aliphatic rings.